The number of rotatable bonds is 9. The molecule has 0 aliphatic carbocycles. The van der Waals surface area contributed by atoms with Gasteiger partial charge in [-0.2, -0.15) is 0 Å². The molecule has 0 fully saturated rings. The molecule has 27 heavy (non-hydrogen) atoms. The zero-order valence-electron chi connectivity index (χ0n) is 16.1. The standard InChI is InChI=1S/C21H27N3O3/c1-17(25)24(16-15-23(2)3)14-13-21(26)22-19-11-7-8-12-20(19)27-18-9-5-4-6-10-18/h4-12H,13-16H2,1-3H3,(H,22,26). The summed E-state index contributed by atoms with van der Waals surface area (Å²) in [4.78, 5) is 27.8. The van der Waals surface area contributed by atoms with Crippen LogP contribution >= 0.6 is 0 Å². The van der Waals surface area contributed by atoms with Gasteiger partial charge in [-0.05, 0) is 38.4 Å². The van der Waals surface area contributed by atoms with Crippen LogP contribution in [0, 0.1) is 0 Å². The lowest BCUT2D eigenvalue weighted by molar-refractivity contribution is -0.129. The van der Waals surface area contributed by atoms with E-state index in [1.54, 1.807) is 11.0 Å². The summed E-state index contributed by atoms with van der Waals surface area (Å²) in [7, 11) is 3.91. The van der Waals surface area contributed by atoms with E-state index in [1.807, 2.05) is 67.5 Å². The molecule has 0 saturated heterocycles. The Morgan fingerprint density at radius 1 is 0.926 bits per heavy atom. The topological polar surface area (TPSA) is 61.9 Å². The minimum atomic E-state index is -0.157. The van der Waals surface area contributed by atoms with Gasteiger partial charge in [-0.25, -0.2) is 0 Å². The quantitative estimate of drug-likeness (QED) is 0.737. The van der Waals surface area contributed by atoms with Crippen LogP contribution in [-0.2, 0) is 9.59 Å². The maximum Gasteiger partial charge on any atom is 0.226 e. The van der Waals surface area contributed by atoms with E-state index in [4.69, 9.17) is 4.74 Å². The Bertz CT molecular complexity index is 747. The second-order valence-electron chi connectivity index (χ2n) is 6.52. The van der Waals surface area contributed by atoms with Gasteiger partial charge < -0.3 is 19.9 Å². The van der Waals surface area contributed by atoms with Gasteiger partial charge in [0.05, 0.1) is 5.69 Å². The van der Waals surface area contributed by atoms with Crippen LogP contribution < -0.4 is 10.1 Å². The van der Waals surface area contributed by atoms with Crippen molar-refractivity contribution in [3.8, 4) is 11.5 Å². The van der Waals surface area contributed by atoms with Crippen LogP contribution in [0.2, 0.25) is 0 Å². The molecular weight excluding hydrogens is 342 g/mol. The van der Waals surface area contributed by atoms with Crippen molar-refractivity contribution in [1.82, 2.24) is 9.80 Å². The first kappa shape index (κ1) is 20.5. The molecule has 0 aromatic heterocycles. The van der Waals surface area contributed by atoms with Gasteiger partial charge in [0.2, 0.25) is 11.8 Å². The molecule has 6 heteroatoms. The highest BCUT2D eigenvalue weighted by molar-refractivity contribution is 5.92. The Morgan fingerprint density at radius 2 is 1.59 bits per heavy atom. The molecule has 0 aliphatic rings. The second-order valence-corrected chi connectivity index (χ2v) is 6.52. The largest absolute Gasteiger partial charge is 0.455 e. The molecular formula is C21H27N3O3. The van der Waals surface area contributed by atoms with Crippen LogP contribution in [0.15, 0.2) is 54.6 Å². The van der Waals surface area contributed by atoms with E-state index in [0.717, 1.165) is 6.54 Å². The SMILES string of the molecule is CC(=O)N(CCC(=O)Nc1ccccc1Oc1ccccc1)CCN(C)C. The normalized spacial score (nSPS) is 10.5. The summed E-state index contributed by atoms with van der Waals surface area (Å²) in [6.07, 6.45) is 0.229. The highest BCUT2D eigenvalue weighted by Gasteiger charge is 2.13. The third-order valence-corrected chi connectivity index (χ3v) is 4.00. The van der Waals surface area contributed by atoms with Crippen LogP contribution in [-0.4, -0.2) is 55.3 Å². The summed E-state index contributed by atoms with van der Waals surface area (Å²) in [6.45, 7) is 3.27. The number of ether oxygens (including phenoxy) is 1. The summed E-state index contributed by atoms with van der Waals surface area (Å²) >= 11 is 0. The van der Waals surface area contributed by atoms with E-state index in [2.05, 4.69) is 5.32 Å². The predicted octanol–water partition coefficient (Wildman–Crippen LogP) is 3.22. The minimum absolute atomic E-state index is 0.0301. The molecule has 0 saturated carbocycles. The minimum Gasteiger partial charge on any atom is -0.455 e. The second kappa shape index (κ2) is 10.3. The fourth-order valence-corrected chi connectivity index (χ4v) is 2.47. The number of likely N-dealkylation sites (N-methyl/N-ethyl adjacent to an activating group) is 1. The molecule has 0 atom stereocenters. The number of carbonyl (C=O) groups is 2. The molecule has 2 amide bonds. The highest BCUT2D eigenvalue weighted by atomic mass is 16.5. The summed E-state index contributed by atoms with van der Waals surface area (Å²) in [5.74, 6) is 1.09. The Morgan fingerprint density at radius 3 is 2.26 bits per heavy atom. The summed E-state index contributed by atoms with van der Waals surface area (Å²) in [5.41, 5.74) is 0.606. The van der Waals surface area contributed by atoms with E-state index in [0.29, 0.717) is 30.3 Å². The summed E-state index contributed by atoms with van der Waals surface area (Å²) in [5, 5.41) is 2.88. The molecule has 6 nitrogen and oxygen atoms in total. The van der Waals surface area contributed by atoms with Gasteiger partial charge >= 0.3 is 0 Å². The molecule has 2 aromatic carbocycles. The number of para-hydroxylation sites is 3. The molecule has 0 bridgehead atoms. The van der Waals surface area contributed by atoms with Crippen molar-refractivity contribution in [1.29, 1.82) is 0 Å². The molecule has 0 spiro atoms. The van der Waals surface area contributed by atoms with Gasteiger partial charge in [0.15, 0.2) is 5.75 Å². The number of hydrogen-bond donors (Lipinski definition) is 1. The zero-order valence-corrected chi connectivity index (χ0v) is 16.1. The van der Waals surface area contributed by atoms with Crippen LogP contribution in [0.5, 0.6) is 11.5 Å². The lowest BCUT2D eigenvalue weighted by atomic mass is 10.2. The molecule has 0 radical (unpaired) electrons. The Balaban J connectivity index is 1.94. The van der Waals surface area contributed by atoms with Crippen LogP contribution in [0.1, 0.15) is 13.3 Å². The third-order valence-electron chi connectivity index (χ3n) is 4.00. The lowest BCUT2D eigenvalue weighted by Crippen LogP contribution is -2.37. The monoisotopic (exact) mass is 369 g/mol. The molecule has 0 unspecified atom stereocenters. The van der Waals surface area contributed by atoms with Crippen molar-refractivity contribution in [2.24, 2.45) is 0 Å². The number of nitrogens with one attached hydrogen (secondary N) is 1. The van der Waals surface area contributed by atoms with Gasteiger partial charge in [0.25, 0.3) is 0 Å². The van der Waals surface area contributed by atoms with Crippen molar-refractivity contribution in [3.05, 3.63) is 54.6 Å². The highest BCUT2D eigenvalue weighted by Crippen LogP contribution is 2.29. The maximum atomic E-state index is 12.4. The Kier molecular flexibility index (Phi) is 7.82. The summed E-state index contributed by atoms with van der Waals surface area (Å²) in [6, 6.07) is 16.7. The number of carbonyl (C=O) groups excluding carboxylic acids is 2. The van der Waals surface area contributed by atoms with Crippen molar-refractivity contribution in [2.45, 2.75) is 13.3 Å². The molecule has 0 aliphatic heterocycles. The van der Waals surface area contributed by atoms with Crippen LogP contribution in [0.25, 0.3) is 0 Å². The first-order chi connectivity index (χ1) is 13.0. The molecule has 0 heterocycles. The third kappa shape index (κ3) is 7.11. The molecule has 2 aromatic rings. The Hall–Kier alpha value is -2.86. The first-order valence-electron chi connectivity index (χ1n) is 8.97. The fraction of sp³-hybridized carbons (Fsp3) is 0.333. The Labute approximate surface area is 160 Å². The number of benzene rings is 2. The van der Waals surface area contributed by atoms with Gasteiger partial charge in [0.1, 0.15) is 5.75 Å². The number of amides is 2. The van der Waals surface area contributed by atoms with Crippen molar-refractivity contribution in [3.63, 3.8) is 0 Å². The molecule has 1 N–H and O–H groups in total. The van der Waals surface area contributed by atoms with Gasteiger partial charge in [-0.3, -0.25) is 9.59 Å². The lowest BCUT2D eigenvalue weighted by Gasteiger charge is -2.22. The van der Waals surface area contributed by atoms with Gasteiger partial charge in [-0.15, -0.1) is 0 Å². The van der Waals surface area contributed by atoms with Crippen molar-refractivity contribution >= 4 is 17.5 Å². The molecule has 144 valence electrons. The van der Waals surface area contributed by atoms with E-state index in [1.165, 1.54) is 6.92 Å². The predicted molar refractivity (Wildman–Crippen MR) is 107 cm³/mol. The van der Waals surface area contributed by atoms with E-state index in [9.17, 15) is 9.59 Å². The van der Waals surface area contributed by atoms with E-state index < -0.39 is 0 Å². The number of nitrogens with zero attached hydrogens (tertiary/aromatic N) is 2. The van der Waals surface area contributed by atoms with Crippen molar-refractivity contribution < 1.29 is 14.3 Å². The smallest absolute Gasteiger partial charge is 0.226 e. The van der Waals surface area contributed by atoms with Crippen LogP contribution in [0.3, 0.4) is 0 Å². The fourth-order valence-electron chi connectivity index (χ4n) is 2.47. The van der Waals surface area contributed by atoms with Gasteiger partial charge in [0, 0.05) is 33.0 Å². The van der Waals surface area contributed by atoms with E-state index >= 15 is 0 Å². The maximum absolute atomic E-state index is 12.4. The van der Waals surface area contributed by atoms with E-state index in [-0.39, 0.29) is 18.2 Å². The number of anilines is 1. The average molecular weight is 369 g/mol. The number of hydrogen-bond acceptors (Lipinski definition) is 4. The summed E-state index contributed by atoms with van der Waals surface area (Å²) < 4.78 is 5.85. The van der Waals surface area contributed by atoms with Crippen molar-refractivity contribution in [2.75, 3.05) is 39.0 Å². The first-order valence-corrected chi connectivity index (χ1v) is 8.97. The average Bonchev–Trinajstić information content (AvgIpc) is 2.63. The molecule has 2 rings (SSSR count). The van der Waals surface area contributed by atoms with Crippen LogP contribution in [0.4, 0.5) is 5.69 Å². The van der Waals surface area contributed by atoms with Gasteiger partial charge in [-0.1, -0.05) is 30.3 Å². The zero-order chi connectivity index (χ0) is 19.6.